The van der Waals surface area contributed by atoms with Gasteiger partial charge in [0.2, 0.25) is 0 Å². The highest BCUT2D eigenvalue weighted by Crippen LogP contribution is 2.40. The van der Waals surface area contributed by atoms with Gasteiger partial charge in [-0.05, 0) is 17.5 Å². The van der Waals surface area contributed by atoms with E-state index in [2.05, 4.69) is 0 Å². The number of hydrogen-bond acceptors (Lipinski definition) is 2. The van der Waals surface area contributed by atoms with Crippen LogP contribution in [0, 0.1) is 0 Å². The second kappa shape index (κ2) is 4.91. The molecule has 0 saturated carbocycles. The number of rotatable bonds is 3. The minimum Gasteiger partial charge on any atom is -0.379 e. The maximum absolute atomic E-state index is 12.1. The molecule has 1 N–H and O–H groups in total. The molecular weight excluding hydrogens is 256 g/mol. The van der Waals surface area contributed by atoms with Gasteiger partial charge in [-0.25, -0.2) is 0 Å². The predicted molar refractivity (Wildman–Crippen MR) is 77.3 cm³/mol. The molecule has 2 aromatic rings. The molecule has 1 unspecified atom stereocenters. The molecule has 0 radical (unpaired) electrons. The van der Waals surface area contributed by atoms with Gasteiger partial charge in [0.15, 0.2) is 0 Å². The van der Waals surface area contributed by atoms with Crippen LogP contribution in [0.4, 0.5) is 0 Å². The summed E-state index contributed by atoms with van der Waals surface area (Å²) in [4.78, 5) is 0. The van der Waals surface area contributed by atoms with Gasteiger partial charge in [0.1, 0.15) is 5.60 Å². The first-order valence-corrected chi connectivity index (χ1v) is 7.56. The van der Waals surface area contributed by atoms with E-state index >= 15 is 0 Å². The fraction of sp³-hybridized carbons (Fsp3) is 0.250. The molecule has 2 nitrogen and oxygen atoms in total. The molecule has 2 aromatic carbocycles. The van der Waals surface area contributed by atoms with Crippen molar-refractivity contribution in [3.63, 3.8) is 0 Å². The van der Waals surface area contributed by atoms with Crippen molar-refractivity contribution < 1.29 is 10.7 Å². The van der Waals surface area contributed by atoms with Crippen molar-refractivity contribution in [2.24, 2.45) is 0 Å². The first-order chi connectivity index (χ1) is 9.64. The maximum atomic E-state index is 12.1. The zero-order valence-corrected chi connectivity index (χ0v) is 11.2. The molecule has 3 rings (SSSR count). The van der Waals surface area contributed by atoms with Gasteiger partial charge in [-0.3, -0.25) is 4.21 Å². The van der Waals surface area contributed by atoms with Gasteiger partial charge in [0.05, 0.1) is 5.25 Å². The quantitative estimate of drug-likeness (QED) is 0.932. The highest BCUT2D eigenvalue weighted by atomic mass is 32.2. The second-order valence-electron chi connectivity index (χ2n) is 4.72. The first-order valence-electron chi connectivity index (χ1n) is 6.87. The Morgan fingerprint density at radius 1 is 1.05 bits per heavy atom. The van der Waals surface area contributed by atoms with Crippen molar-refractivity contribution in [3.05, 3.63) is 71.8 Å². The number of aliphatic hydroxyl groups is 1. The zero-order valence-electron chi connectivity index (χ0n) is 11.4. The molecule has 1 aliphatic rings. The van der Waals surface area contributed by atoms with Crippen molar-refractivity contribution >= 4 is 10.8 Å². The first kappa shape index (κ1) is 11.4. The molecule has 0 aliphatic carbocycles. The summed E-state index contributed by atoms with van der Waals surface area (Å²) >= 11 is 0. The highest BCUT2D eigenvalue weighted by molar-refractivity contribution is 7.87. The maximum Gasteiger partial charge on any atom is 0.129 e. The summed E-state index contributed by atoms with van der Waals surface area (Å²) in [5, 5.41) is 10.9. The summed E-state index contributed by atoms with van der Waals surface area (Å²) in [5.74, 6) is 0. The lowest BCUT2D eigenvalue weighted by atomic mass is 9.82. The third-order valence-corrected chi connectivity index (χ3v) is 5.26. The summed E-state index contributed by atoms with van der Waals surface area (Å²) in [5.41, 5.74) is -0.405. The fourth-order valence-corrected chi connectivity index (χ4v) is 3.68. The molecule has 0 aromatic heterocycles. The zero-order chi connectivity index (χ0) is 14.2. The highest BCUT2D eigenvalue weighted by Gasteiger charge is 2.47. The second-order valence-corrected chi connectivity index (χ2v) is 6.28. The lowest BCUT2D eigenvalue weighted by molar-refractivity contribution is 0.0710. The molecule has 0 spiro atoms. The third-order valence-electron chi connectivity index (χ3n) is 3.65. The molecular formula is C16H16O2S. The Kier molecular flexibility index (Phi) is 2.94. The van der Waals surface area contributed by atoms with Crippen LogP contribution in [-0.2, 0) is 16.4 Å². The van der Waals surface area contributed by atoms with Crippen LogP contribution in [0.3, 0.4) is 0 Å². The lowest BCUT2D eigenvalue weighted by Gasteiger charge is -2.41. The summed E-state index contributed by atoms with van der Waals surface area (Å²) in [6, 6.07) is 18.6. The van der Waals surface area contributed by atoms with Crippen molar-refractivity contribution in [3.8, 4) is 0 Å². The van der Waals surface area contributed by atoms with E-state index in [1.807, 2.05) is 60.7 Å². The van der Waals surface area contributed by atoms with Crippen molar-refractivity contribution in [2.75, 3.05) is 5.73 Å². The Hall–Kier alpha value is -1.45. The summed E-state index contributed by atoms with van der Waals surface area (Å²) in [7, 11) is -1.33. The molecule has 1 aliphatic heterocycles. The van der Waals surface area contributed by atoms with Gasteiger partial charge < -0.3 is 5.11 Å². The summed E-state index contributed by atoms with van der Waals surface area (Å²) in [6.45, 7) is 0. The summed E-state index contributed by atoms with van der Waals surface area (Å²) in [6.07, 6.45) is 0.451. The van der Waals surface area contributed by atoms with Crippen molar-refractivity contribution in [1.29, 1.82) is 0 Å². The van der Waals surface area contributed by atoms with Crippen molar-refractivity contribution in [1.82, 2.24) is 0 Å². The van der Waals surface area contributed by atoms with E-state index in [9.17, 15) is 9.32 Å². The Labute approximate surface area is 117 Å². The van der Waals surface area contributed by atoms with E-state index in [1.54, 1.807) is 0 Å². The van der Waals surface area contributed by atoms with Gasteiger partial charge in [-0.2, -0.15) is 0 Å². The molecule has 98 valence electrons. The lowest BCUT2D eigenvalue weighted by Crippen LogP contribution is -2.50. The molecule has 3 heteroatoms. The van der Waals surface area contributed by atoms with Crippen LogP contribution in [0.1, 0.15) is 18.9 Å². The van der Waals surface area contributed by atoms with Crippen LogP contribution in [-0.4, -0.2) is 20.3 Å². The molecule has 0 amide bonds. The van der Waals surface area contributed by atoms with Gasteiger partial charge in [0.25, 0.3) is 0 Å². The van der Waals surface area contributed by atoms with Crippen LogP contribution in [0.5, 0.6) is 0 Å². The van der Waals surface area contributed by atoms with Gasteiger partial charge in [0, 0.05) is 17.9 Å². The monoisotopic (exact) mass is 273 g/mol. The minimum atomic E-state index is -1.33. The summed E-state index contributed by atoms with van der Waals surface area (Å²) < 4.78 is 19.8. The Bertz CT molecular complexity index is 575. The molecule has 0 bridgehead atoms. The van der Waals surface area contributed by atoms with Crippen LogP contribution < -0.4 is 0 Å². The van der Waals surface area contributed by atoms with Crippen LogP contribution in [0.2, 0.25) is 0 Å². The standard InChI is InChI=1S/C16H16O2S/c17-16(15-11-12-19(15)18,13-7-3-1-4-8-13)14-9-5-2-6-10-14/h1-10,15,17H,11-12H2/t15-,19?/m0/s1/i12D/t12-,15+,19?/m1. The topological polar surface area (TPSA) is 37.3 Å². The smallest absolute Gasteiger partial charge is 0.129 e. The van der Waals surface area contributed by atoms with E-state index in [1.165, 1.54) is 0 Å². The average molecular weight is 273 g/mol. The van der Waals surface area contributed by atoms with E-state index in [4.69, 9.17) is 1.37 Å². The molecule has 19 heavy (non-hydrogen) atoms. The van der Waals surface area contributed by atoms with Crippen LogP contribution in [0.15, 0.2) is 60.7 Å². The molecule has 3 atom stereocenters. The van der Waals surface area contributed by atoms with Gasteiger partial charge in [-0.15, -0.1) is 0 Å². The average Bonchev–Trinajstić information content (AvgIpc) is 2.53. The van der Waals surface area contributed by atoms with Gasteiger partial charge >= 0.3 is 0 Å². The Morgan fingerprint density at radius 2 is 1.53 bits per heavy atom. The largest absolute Gasteiger partial charge is 0.379 e. The normalized spacial score (nSPS) is 27.4. The van der Waals surface area contributed by atoms with Crippen LogP contribution in [0.25, 0.3) is 0 Å². The number of hydrogen-bond donors (Lipinski definition) is 1. The van der Waals surface area contributed by atoms with E-state index in [0.717, 1.165) is 11.1 Å². The molecule has 1 fully saturated rings. The Morgan fingerprint density at radius 3 is 1.89 bits per heavy atom. The van der Waals surface area contributed by atoms with Gasteiger partial charge in [-0.1, -0.05) is 60.7 Å². The third kappa shape index (κ3) is 2.03. The fourth-order valence-electron chi connectivity index (χ4n) is 2.53. The molecule has 1 heterocycles. The minimum absolute atomic E-state index is 0.421. The van der Waals surface area contributed by atoms with Crippen LogP contribution >= 0.6 is 0 Å². The SMILES string of the molecule is [2H][C@@H]1C[C@@H](C(O)(c2ccccc2)c2ccccc2)S1=O. The van der Waals surface area contributed by atoms with E-state index in [0.29, 0.717) is 6.42 Å². The Balaban J connectivity index is 2.11. The van der Waals surface area contributed by atoms with E-state index < -0.39 is 27.4 Å². The van der Waals surface area contributed by atoms with Crippen molar-refractivity contribution in [2.45, 2.75) is 17.3 Å². The number of benzene rings is 2. The molecule has 1 saturated heterocycles. The predicted octanol–water partition coefficient (Wildman–Crippen LogP) is 2.44. The van der Waals surface area contributed by atoms with E-state index in [-0.39, 0.29) is 0 Å².